The van der Waals surface area contributed by atoms with E-state index in [1.54, 1.807) is 13.2 Å². The van der Waals surface area contributed by atoms with Crippen molar-refractivity contribution < 1.29 is 18.1 Å². The lowest BCUT2D eigenvalue weighted by Gasteiger charge is -2.12. The van der Waals surface area contributed by atoms with E-state index in [0.29, 0.717) is 19.6 Å². The molecule has 1 rings (SSSR count). The van der Waals surface area contributed by atoms with Gasteiger partial charge in [-0.15, -0.1) is 0 Å². The molecule has 0 radical (unpaired) electrons. The lowest BCUT2D eigenvalue weighted by atomic mass is 10.3. The van der Waals surface area contributed by atoms with Crippen LogP contribution in [0.1, 0.15) is 13.3 Å². The summed E-state index contributed by atoms with van der Waals surface area (Å²) in [6.45, 7) is 2.52. The minimum absolute atomic E-state index is 0.0574. The Balaban J connectivity index is 2.57. The van der Waals surface area contributed by atoms with Crippen molar-refractivity contribution in [2.75, 3.05) is 20.3 Å². The predicted octanol–water partition coefficient (Wildman–Crippen LogP) is 1.47. The third kappa shape index (κ3) is 4.72. The molecule has 1 aromatic rings. The topological polar surface area (TPSA) is 55.4 Å². The Bertz CT molecular complexity index is 453. The smallest absolute Gasteiger partial charge is 0.235 e. The summed E-state index contributed by atoms with van der Waals surface area (Å²) >= 11 is 0. The third-order valence-corrected chi connectivity index (χ3v) is 4.19. The number of halogens is 1. The number of ether oxygens (including phenoxy) is 1. The molecule has 0 saturated carbocycles. The number of benzene rings is 1. The first-order valence-electron chi connectivity index (χ1n) is 5.99. The summed E-state index contributed by atoms with van der Waals surface area (Å²) in [4.78, 5) is 11.8. The highest BCUT2D eigenvalue weighted by Gasteiger charge is 2.23. The van der Waals surface area contributed by atoms with Gasteiger partial charge in [0.2, 0.25) is 5.91 Å². The molecule has 2 unspecified atom stereocenters. The van der Waals surface area contributed by atoms with E-state index < -0.39 is 21.9 Å². The summed E-state index contributed by atoms with van der Waals surface area (Å²) < 4.78 is 30.4. The maximum absolute atomic E-state index is 13.5. The van der Waals surface area contributed by atoms with Crippen molar-refractivity contribution in [2.45, 2.75) is 23.5 Å². The largest absolute Gasteiger partial charge is 0.385 e. The number of nitrogens with one attached hydrogen (secondary N) is 1. The van der Waals surface area contributed by atoms with E-state index in [4.69, 9.17) is 4.74 Å². The van der Waals surface area contributed by atoms with Gasteiger partial charge in [-0.05, 0) is 25.5 Å². The molecule has 0 heterocycles. The molecule has 0 saturated heterocycles. The van der Waals surface area contributed by atoms with E-state index in [9.17, 15) is 13.4 Å². The second-order valence-electron chi connectivity index (χ2n) is 4.01. The first kappa shape index (κ1) is 15.8. The molecule has 0 spiro atoms. The molecule has 0 aliphatic rings. The minimum Gasteiger partial charge on any atom is -0.385 e. The summed E-state index contributed by atoms with van der Waals surface area (Å²) in [7, 11) is -0.114. The van der Waals surface area contributed by atoms with Gasteiger partial charge in [-0.3, -0.25) is 9.00 Å². The van der Waals surface area contributed by atoms with Crippen LogP contribution in [0.25, 0.3) is 0 Å². The Morgan fingerprint density at radius 3 is 2.79 bits per heavy atom. The van der Waals surface area contributed by atoms with Crippen molar-refractivity contribution in [3.8, 4) is 0 Å². The molecule has 6 heteroatoms. The van der Waals surface area contributed by atoms with E-state index in [-0.39, 0.29) is 10.8 Å². The standard InChI is InChI=1S/C13H18FNO3S/c1-10(13(16)15-8-5-9-18-2)19(17)12-7-4-3-6-11(12)14/h3-4,6-7,10H,5,8-9H2,1-2H3,(H,15,16). The fourth-order valence-corrected chi connectivity index (χ4v) is 2.60. The van der Waals surface area contributed by atoms with Gasteiger partial charge in [0.05, 0.1) is 15.7 Å². The van der Waals surface area contributed by atoms with Crippen LogP contribution in [0.4, 0.5) is 4.39 Å². The summed E-state index contributed by atoms with van der Waals surface area (Å²) in [5.74, 6) is -0.905. The zero-order valence-electron chi connectivity index (χ0n) is 11.0. The molecule has 19 heavy (non-hydrogen) atoms. The fraction of sp³-hybridized carbons (Fsp3) is 0.462. The Labute approximate surface area is 114 Å². The van der Waals surface area contributed by atoms with Crippen LogP contribution >= 0.6 is 0 Å². The molecule has 1 amide bonds. The molecular formula is C13H18FNO3S. The molecule has 1 N–H and O–H groups in total. The van der Waals surface area contributed by atoms with Crippen molar-refractivity contribution in [3.05, 3.63) is 30.1 Å². The SMILES string of the molecule is COCCCNC(=O)C(C)S(=O)c1ccccc1F. The first-order valence-corrected chi connectivity index (χ1v) is 7.21. The van der Waals surface area contributed by atoms with Gasteiger partial charge >= 0.3 is 0 Å². The number of amides is 1. The maximum atomic E-state index is 13.5. The van der Waals surface area contributed by atoms with Crippen molar-refractivity contribution >= 4 is 16.7 Å². The molecule has 4 nitrogen and oxygen atoms in total. The van der Waals surface area contributed by atoms with Crippen LogP contribution in [0, 0.1) is 5.82 Å². The Hall–Kier alpha value is -1.27. The van der Waals surface area contributed by atoms with E-state index in [1.165, 1.54) is 25.1 Å². The highest BCUT2D eigenvalue weighted by Crippen LogP contribution is 2.15. The van der Waals surface area contributed by atoms with Gasteiger partial charge < -0.3 is 10.1 Å². The molecule has 2 atom stereocenters. The Morgan fingerprint density at radius 2 is 2.16 bits per heavy atom. The van der Waals surface area contributed by atoms with Gasteiger partial charge in [-0.25, -0.2) is 4.39 Å². The number of methoxy groups -OCH3 is 1. The first-order chi connectivity index (χ1) is 9.07. The van der Waals surface area contributed by atoms with Gasteiger partial charge in [0, 0.05) is 20.3 Å². The molecule has 0 aliphatic carbocycles. The quantitative estimate of drug-likeness (QED) is 0.773. The molecule has 0 aromatic heterocycles. The molecule has 0 fully saturated rings. The number of carbonyl (C=O) groups excluding carboxylic acids is 1. The van der Waals surface area contributed by atoms with Crippen molar-refractivity contribution in [3.63, 3.8) is 0 Å². The highest BCUT2D eigenvalue weighted by atomic mass is 32.2. The number of hydrogen-bond acceptors (Lipinski definition) is 3. The van der Waals surface area contributed by atoms with E-state index >= 15 is 0 Å². The number of hydrogen-bond donors (Lipinski definition) is 1. The second-order valence-corrected chi connectivity index (χ2v) is 5.75. The fourth-order valence-electron chi connectivity index (χ4n) is 1.47. The lowest BCUT2D eigenvalue weighted by Crippen LogP contribution is -2.36. The summed E-state index contributed by atoms with van der Waals surface area (Å²) in [6.07, 6.45) is 0.682. The Kier molecular flexibility index (Phi) is 6.66. The van der Waals surface area contributed by atoms with Gasteiger partial charge in [-0.1, -0.05) is 12.1 Å². The predicted molar refractivity (Wildman–Crippen MR) is 71.8 cm³/mol. The molecular weight excluding hydrogens is 269 g/mol. The van der Waals surface area contributed by atoms with Crippen LogP contribution in [0.2, 0.25) is 0 Å². The van der Waals surface area contributed by atoms with Gasteiger partial charge in [0.15, 0.2) is 0 Å². The normalized spacial score (nSPS) is 13.8. The van der Waals surface area contributed by atoms with Crippen molar-refractivity contribution in [2.24, 2.45) is 0 Å². The number of rotatable bonds is 7. The average Bonchev–Trinajstić information content (AvgIpc) is 2.42. The van der Waals surface area contributed by atoms with Crippen LogP contribution in [0.5, 0.6) is 0 Å². The molecule has 0 bridgehead atoms. The van der Waals surface area contributed by atoms with Gasteiger partial charge in [0.25, 0.3) is 0 Å². The summed E-state index contributed by atoms with van der Waals surface area (Å²) in [5.41, 5.74) is 0. The zero-order chi connectivity index (χ0) is 14.3. The van der Waals surface area contributed by atoms with Crippen molar-refractivity contribution in [1.29, 1.82) is 0 Å². The molecule has 1 aromatic carbocycles. The monoisotopic (exact) mass is 287 g/mol. The molecule has 0 aliphatic heterocycles. The maximum Gasteiger partial charge on any atom is 0.235 e. The van der Waals surface area contributed by atoms with E-state index in [1.807, 2.05) is 0 Å². The van der Waals surface area contributed by atoms with Gasteiger partial charge in [-0.2, -0.15) is 0 Å². The summed E-state index contributed by atoms with van der Waals surface area (Å²) in [5, 5.41) is 1.86. The van der Waals surface area contributed by atoms with Crippen LogP contribution in [-0.4, -0.2) is 35.6 Å². The summed E-state index contributed by atoms with van der Waals surface area (Å²) in [6, 6.07) is 5.78. The average molecular weight is 287 g/mol. The zero-order valence-corrected chi connectivity index (χ0v) is 11.8. The van der Waals surface area contributed by atoms with Crippen LogP contribution < -0.4 is 5.32 Å². The van der Waals surface area contributed by atoms with E-state index in [0.717, 1.165) is 0 Å². The lowest BCUT2D eigenvalue weighted by molar-refractivity contribution is -0.120. The van der Waals surface area contributed by atoms with Crippen LogP contribution in [0.15, 0.2) is 29.2 Å². The third-order valence-electron chi connectivity index (χ3n) is 2.57. The minimum atomic E-state index is -1.70. The number of carbonyl (C=O) groups is 1. The highest BCUT2D eigenvalue weighted by molar-refractivity contribution is 7.86. The Morgan fingerprint density at radius 1 is 1.47 bits per heavy atom. The van der Waals surface area contributed by atoms with Crippen molar-refractivity contribution in [1.82, 2.24) is 5.32 Å². The second kappa shape index (κ2) is 8.01. The van der Waals surface area contributed by atoms with E-state index in [2.05, 4.69) is 5.32 Å². The molecule has 106 valence electrons. The van der Waals surface area contributed by atoms with Crippen LogP contribution in [-0.2, 0) is 20.3 Å². The van der Waals surface area contributed by atoms with Gasteiger partial charge in [0.1, 0.15) is 11.1 Å². The van der Waals surface area contributed by atoms with Crippen LogP contribution in [0.3, 0.4) is 0 Å².